The Bertz CT molecular complexity index is 1050. The highest BCUT2D eigenvalue weighted by molar-refractivity contribution is 7.89. The minimum atomic E-state index is -3.47. The Morgan fingerprint density at radius 2 is 1.89 bits per heavy atom. The summed E-state index contributed by atoms with van der Waals surface area (Å²) in [5.74, 6) is 1.08. The second-order valence-corrected chi connectivity index (χ2v) is 9.78. The first-order valence-corrected chi connectivity index (χ1v) is 11.4. The molecule has 0 bridgehead atoms. The van der Waals surface area contributed by atoms with Crippen molar-refractivity contribution in [2.75, 3.05) is 26.2 Å². The topological polar surface area (TPSA) is 79.5 Å². The molecule has 0 spiro atoms. The van der Waals surface area contributed by atoms with Gasteiger partial charge in [-0.3, -0.25) is 4.90 Å². The zero-order chi connectivity index (χ0) is 19.7. The van der Waals surface area contributed by atoms with E-state index in [0.717, 1.165) is 16.0 Å². The third-order valence-electron chi connectivity index (χ3n) is 4.84. The molecule has 0 atom stereocenters. The maximum absolute atomic E-state index is 13.0. The summed E-state index contributed by atoms with van der Waals surface area (Å²) in [5, 5.41) is 10.2. The van der Waals surface area contributed by atoms with Crippen LogP contribution in [0.2, 0.25) is 0 Å². The van der Waals surface area contributed by atoms with E-state index in [1.165, 1.54) is 0 Å². The second-order valence-electron chi connectivity index (χ2n) is 6.93. The molecule has 0 unspecified atom stereocenters. The van der Waals surface area contributed by atoms with Gasteiger partial charge in [-0.05, 0) is 36.9 Å². The predicted molar refractivity (Wildman–Crippen MR) is 108 cm³/mol. The molecule has 1 aromatic carbocycles. The van der Waals surface area contributed by atoms with Crippen molar-refractivity contribution in [3.05, 3.63) is 52.7 Å². The molecule has 0 aliphatic carbocycles. The molecule has 1 aliphatic heterocycles. The SMILES string of the molecule is Cc1ccc(S(=O)(=O)N2CCN(Cc3nnc(-c4cccs4)o3)CC2)c(C)c1. The largest absolute Gasteiger partial charge is 0.419 e. The van der Waals surface area contributed by atoms with E-state index in [1.807, 2.05) is 43.5 Å². The van der Waals surface area contributed by atoms with E-state index in [2.05, 4.69) is 15.1 Å². The Labute approximate surface area is 168 Å². The van der Waals surface area contributed by atoms with Crippen LogP contribution in [0.25, 0.3) is 10.8 Å². The lowest BCUT2D eigenvalue weighted by Gasteiger charge is -2.33. The maximum Gasteiger partial charge on any atom is 0.257 e. The lowest BCUT2D eigenvalue weighted by molar-refractivity contribution is 0.168. The van der Waals surface area contributed by atoms with E-state index in [1.54, 1.807) is 21.7 Å². The van der Waals surface area contributed by atoms with Gasteiger partial charge in [-0.15, -0.1) is 21.5 Å². The van der Waals surface area contributed by atoms with Gasteiger partial charge in [0, 0.05) is 26.2 Å². The molecule has 148 valence electrons. The summed E-state index contributed by atoms with van der Waals surface area (Å²) in [6, 6.07) is 9.34. The summed E-state index contributed by atoms with van der Waals surface area (Å²) in [5.41, 5.74) is 1.84. The fourth-order valence-corrected chi connectivity index (χ4v) is 5.64. The van der Waals surface area contributed by atoms with Gasteiger partial charge in [-0.25, -0.2) is 8.42 Å². The van der Waals surface area contributed by atoms with Crippen molar-refractivity contribution in [3.8, 4) is 10.8 Å². The first kappa shape index (κ1) is 19.3. The molecule has 0 amide bonds. The minimum Gasteiger partial charge on any atom is -0.419 e. The van der Waals surface area contributed by atoms with Gasteiger partial charge in [0.05, 0.1) is 16.3 Å². The Hall–Kier alpha value is -2.07. The minimum absolute atomic E-state index is 0.393. The van der Waals surface area contributed by atoms with E-state index in [0.29, 0.717) is 49.4 Å². The van der Waals surface area contributed by atoms with Crippen LogP contribution >= 0.6 is 11.3 Å². The standard InChI is InChI=1S/C19H22N4O3S2/c1-14-5-6-17(15(2)12-14)28(24,25)23-9-7-22(8-10-23)13-18-20-21-19(26-18)16-4-3-11-27-16/h3-6,11-12H,7-10,13H2,1-2H3. The van der Waals surface area contributed by atoms with Gasteiger partial charge in [0.25, 0.3) is 5.89 Å². The Morgan fingerprint density at radius 3 is 2.57 bits per heavy atom. The highest BCUT2D eigenvalue weighted by Crippen LogP contribution is 2.25. The van der Waals surface area contributed by atoms with Gasteiger partial charge in [-0.2, -0.15) is 4.31 Å². The highest BCUT2D eigenvalue weighted by Gasteiger charge is 2.30. The molecule has 3 heterocycles. The normalized spacial score (nSPS) is 16.5. The number of aryl methyl sites for hydroxylation is 2. The number of thiophene rings is 1. The number of nitrogens with zero attached hydrogens (tertiary/aromatic N) is 4. The van der Waals surface area contributed by atoms with Gasteiger partial charge in [0.15, 0.2) is 0 Å². The summed E-state index contributed by atoms with van der Waals surface area (Å²) in [4.78, 5) is 3.48. The van der Waals surface area contributed by atoms with E-state index >= 15 is 0 Å². The number of rotatable bonds is 5. The molecular weight excluding hydrogens is 396 g/mol. The average Bonchev–Trinajstić information content (AvgIpc) is 3.33. The van der Waals surface area contributed by atoms with Gasteiger partial charge in [-0.1, -0.05) is 23.8 Å². The monoisotopic (exact) mass is 418 g/mol. The van der Waals surface area contributed by atoms with Crippen molar-refractivity contribution in [1.82, 2.24) is 19.4 Å². The molecule has 1 fully saturated rings. The van der Waals surface area contributed by atoms with Gasteiger partial charge in [0.1, 0.15) is 0 Å². The highest BCUT2D eigenvalue weighted by atomic mass is 32.2. The fourth-order valence-electron chi connectivity index (χ4n) is 3.36. The van der Waals surface area contributed by atoms with Crippen LogP contribution in [0.3, 0.4) is 0 Å². The zero-order valence-electron chi connectivity index (χ0n) is 15.8. The maximum atomic E-state index is 13.0. The quantitative estimate of drug-likeness (QED) is 0.634. The summed E-state index contributed by atoms with van der Waals surface area (Å²) < 4.78 is 33.3. The molecular formula is C19H22N4O3S2. The molecule has 3 aromatic rings. The molecule has 0 radical (unpaired) electrons. The lowest BCUT2D eigenvalue weighted by atomic mass is 10.2. The summed E-state index contributed by atoms with van der Waals surface area (Å²) in [6.45, 7) is 6.47. The van der Waals surface area contributed by atoms with Crippen LogP contribution in [-0.2, 0) is 16.6 Å². The molecule has 0 N–H and O–H groups in total. The average molecular weight is 419 g/mol. The third-order valence-corrected chi connectivity index (χ3v) is 7.75. The van der Waals surface area contributed by atoms with Crippen molar-refractivity contribution >= 4 is 21.4 Å². The van der Waals surface area contributed by atoms with Crippen LogP contribution in [0, 0.1) is 13.8 Å². The van der Waals surface area contributed by atoms with Crippen molar-refractivity contribution in [2.45, 2.75) is 25.3 Å². The van der Waals surface area contributed by atoms with Gasteiger partial charge < -0.3 is 4.42 Å². The van der Waals surface area contributed by atoms with Crippen molar-refractivity contribution in [3.63, 3.8) is 0 Å². The zero-order valence-corrected chi connectivity index (χ0v) is 17.5. The molecule has 2 aromatic heterocycles. The molecule has 1 aliphatic rings. The first-order chi connectivity index (χ1) is 13.4. The van der Waals surface area contributed by atoms with Gasteiger partial charge in [0.2, 0.25) is 15.9 Å². The Kier molecular flexibility index (Phi) is 5.33. The predicted octanol–water partition coefficient (Wildman–Crippen LogP) is 2.92. The van der Waals surface area contributed by atoms with Crippen molar-refractivity contribution < 1.29 is 12.8 Å². The summed E-state index contributed by atoms with van der Waals surface area (Å²) in [7, 11) is -3.47. The molecule has 28 heavy (non-hydrogen) atoms. The second kappa shape index (κ2) is 7.75. The molecule has 1 saturated heterocycles. The Balaban J connectivity index is 1.39. The summed E-state index contributed by atoms with van der Waals surface area (Å²) >= 11 is 1.56. The molecule has 0 saturated carbocycles. The summed E-state index contributed by atoms with van der Waals surface area (Å²) in [6.07, 6.45) is 0. The lowest BCUT2D eigenvalue weighted by Crippen LogP contribution is -2.48. The number of aromatic nitrogens is 2. The van der Waals surface area contributed by atoms with Crippen LogP contribution < -0.4 is 0 Å². The van der Waals surface area contributed by atoms with E-state index in [4.69, 9.17) is 4.42 Å². The number of sulfonamides is 1. The number of hydrogen-bond acceptors (Lipinski definition) is 7. The van der Waals surface area contributed by atoms with E-state index in [-0.39, 0.29) is 0 Å². The Morgan fingerprint density at radius 1 is 1.11 bits per heavy atom. The van der Waals surface area contributed by atoms with Gasteiger partial charge >= 0.3 is 0 Å². The van der Waals surface area contributed by atoms with Crippen LogP contribution in [0.5, 0.6) is 0 Å². The number of piperazine rings is 1. The van der Waals surface area contributed by atoms with E-state index < -0.39 is 10.0 Å². The molecule has 4 rings (SSSR count). The van der Waals surface area contributed by atoms with Crippen molar-refractivity contribution in [2.24, 2.45) is 0 Å². The number of benzene rings is 1. The molecule has 9 heteroatoms. The van der Waals surface area contributed by atoms with Crippen molar-refractivity contribution in [1.29, 1.82) is 0 Å². The van der Waals surface area contributed by atoms with E-state index in [9.17, 15) is 8.42 Å². The van der Waals surface area contributed by atoms with Crippen LogP contribution in [-0.4, -0.2) is 54.0 Å². The third kappa shape index (κ3) is 3.88. The fraction of sp³-hybridized carbons (Fsp3) is 0.368. The molecule has 7 nitrogen and oxygen atoms in total. The van der Waals surface area contributed by atoms with Crippen LogP contribution in [0.4, 0.5) is 0 Å². The number of hydrogen-bond donors (Lipinski definition) is 0. The smallest absolute Gasteiger partial charge is 0.257 e. The van der Waals surface area contributed by atoms with Crippen LogP contribution in [0.15, 0.2) is 45.0 Å². The first-order valence-electron chi connectivity index (χ1n) is 9.09. The van der Waals surface area contributed by atoms with Crippen LogP contribution in [0.1, 0.15) is 17.0 Å².